The van der Waals surface area contributed by atoms with Crippen molar-refractivity contribution in [2.45, 2.75) is 32.6 Å². The second kappa shape index (κ2) is 4.98. The maximum Gasteiger partial charge on any atom is 0.225 e. The molecule has 3 aliphatic rings. The standard InChI is InChI=1S/C21H24N2O/c1-14-3-2-10-23-17(5-7-19(14)23)12-20(24)22-13-15-11-16-4-6-18(15)21(16)8-9-21/h2-7,10,15-16,18H,8-9,11-13H2,1H3,(H,22,24)/t15-,16?,18?/m1/s1. The molecule has 2 unspecified atom stereocenters. The van der Waals surface area contributed by atoms with E-state index in [1.54, 1.807) is 0 Å². The minimum absolute atomic E-state index is 0.146. The summed E-state index contributed by atoms with van der Waals surface area (Å²) in [5, 5.41) is 3.21. The SMILES string of the molecule is Cc1cccn2c(CC(=O)NC[C@H]3CC4C=CC3C43CC3)ccc12. The summed E-state index contributed by atoms with van der Waals surface area (Å²) in [6.07, 6.45) is 11.4. The molecular weight excluding hydrogens is 296 g/mol. The van der Waals surface area contributed by atoms with Gasteiger partial charge in [0.1, 0.15) is 0 Å². The number of aryl methyl sites for hydroxylation is 1. The molecule has 124 valence electrons. The van der Waals surface area contributed by atoms with E-state index in [9.17, 15) is 4.79 Å². The fourth-order valence-electron chi connectivity index (χ4n) is 5.32. The summed E-state index contributed by atoms with van der Waals surface area (Å²) in [4.78, 5) is 12.4. The fourth-order valence-corrected chi connectivity index (χ4v) is 5.32. The highest BCUT2D eigenvalue weighted by atomic mass is 16.1. The van der Waals surface area contributed by atoms with Gasteiger partial charge in [-0.05, 0) is 73.1 Å². The zero-order chi connectivity index (χ0) is 16.3. The van der Waals surface area contributed by atoms with Gasteiger partial charge in [-0.25, -0.2) is 0 Å². The van der Waals surface area contributed by atoms with Gasteiger partial charge in [0.2, 0.25) is 5.91 Å². The van der Waals surface area contributed by atoms with E-state index in [0.29, 0.717) is 17.8 Å². The molecule has 2 bridgehead atoms. The topological polar surface area (TPSA) is 33.5 Å². The van der Waals surface area contributed by atoms with E-state index in [1.807, 2.05) is 12.3 Å². The van der Waals surface area contributed by atoms with Crippen molar-refractivity contribution in [3.8, 4) is 0 Å². The molecule has 0 aliphatic heterocycles. The Labute approximate surface area is 142 Å². The highest BCUT2D eigenvalue weighted by molar-refractivity contribution is 5.78. The number of amides is 1. The number of carbonyl (C=O) groups excluding carboxylic acids is 1. The summed E-state index contributed by atoms with van der Waals surface area (Å²) in [5.74, 6) is 2.31. The van der Waals surface area contributed by atoms with E-state index in [2.05, 4.69) is 47.0 Å². The van der Waals surface area contributed by atoms with E-state index in [-0.39, 0.29) is 5.91 Å². The third kappa shape index (κ3) is 2.00. The van der Waals surface area contributed by atoms with Crippen molar-refractivity contribution in [3.63, 3.8) is 0 Å². The monoisotopic (exact) mass is 320 g/mol. The molecule has 0 aromatic carbocycles. The van der Waals surface area contributed by atoms with Gasteiger partial charge >= 0.3 is 0 Å². The first-order valence-electron chi connectivity index (χ1n) is 9.18. The Bertz CT molecular complexity index is 843. The van der Waals surface area contributed by atoms with Crippen LogP contribution in [-0.4, -0.2) is 16.9 Å². The molecule has 1 N–H and O–H groups in total. The van der Waals surface area contributed by atoms with E-state index in [0.717, 1.165) is 24.1 Å². The van der Waals surface area contributed by atoms with Gasteiger partial charge in [0.15, 0.2) is 0 Å². The van der Waals surface area contributed by atoms with Gasteiger partial charge in [-0.2, -0.15) is 0 Å². The first-order valence-corrected chi connectivity index (χ1v) is 9.18. The molecule has 24 heavy (non-hydrogen) atoms. The summed E-state index contributed by atoms with van der Waals surface area (Å²) in [5.41, 5.74) is 4.12. The molecule has 5 rings (SSSR count). The van der Waals surface area contributed by atoms with Gasteiger partial charge in [0, 0.05) is 24.0 Å². The van der Waals surface area contributed by atoms with Crippen LogP contribution in [0.15, 0.2) is 42.6 Å². The molecule has 3 nitrogen and oxygen atoms in total. The largest absolute Gasteiger partial charge is 0.355 e. The van der Waals surface area contributed by atoms with E-state index in [4.69, 9.17) is 0 Å². The molecule has 3 aliphatic carbocycles. The summed E-state index contributed by atoms with van der Waals surface area (Å²) < 4.78 is 2.13. The predicted octanol–water partition coefficient (Wildman–Crippen LogP) is 3.51. The summed E-state index contributed by atoms with van der Waals surface area (Å²) >= 11 is 0. The van der Waals surface area contributed by atoms with Crippen molar-refractivity contribution in [2.24, 2.45) is 23.2 Å². The van der Waals surface area contributed by atoms with Gasteiger partial charge in [0.05, 0.1) is 6.42 Å². The van der Waals surface area contributed by atoms with Crippen LogP contribution in [0, 0.1) is 30.1 Å². The molecule has 2 aromatic rings. The lowest BCUT2D eigenvalue weighted by atomic mass is 9.89. The molecule has 0 radical (unpaired) electrons. The summed E-state index contributed by atoms with van der Waals surface area (Å²) in [6.45, 7) is 2.95. The van der Waals surface area contributed by atoms with Gasteiger partial charge in [0.25, 0.3) is 0 Å². The Balaban J connectivity index is 1.24. The second-order valence-corrected chi connectivity index (χ2v) is 8.00. The van der Waals surface area contributed by atoms with Crippen molar-refractivity contribution in [1.29, 1.82) is 0 Å². The van der Waals surface area contributed by atoms with Crippen molar-refractivity contribution in [2.75, 3.05) is 6.54 Å². The molecule has 2 saturated carbocycles. The Hall–Kier alpha value is -2.03. The van der Waals surface area contributed by atoms with Crippen LogP contribution < -0.4 is 5.32 Å². The maximum absolute atomic E-state index is 12.4. The third-order valence-electron chi connectivity index (χ3n) is 6.74. The average molecular weight is 320 g/mol. The lowest BCUT2D eigenvalue weighted by Gasteiger charge is -2.20. The minimum Gasteiger partial charge on any atom is -0.355 e. The van der Waals surface area contributed by atoms with Crippen LogP contribution in [0.25, 0.3) is 5.52 Å². The van der Waals surface area contributed by atoms with Crippen molar-refractivity contribution < 1.29 is 4.79 Å². The highest BCUT2D eigenvalue weighted by Gasteiger charge is 2.62. The lowest BCUT2D eigenvalue weighted by molar-refractivity contribution is -0.120. The first-order chi connectivity index (χ1) is 11.7. The zero-order valence-electron chi connectivity index (χ0n) is 14.2. The van der Waals surface area contributed by atoms with Crippen LogP contribution in [-0.2, 0) is 11.2 Å². The second-order valence-electron chi connectivity index (χ2n) is 8.00. The van der Waals surface area contributed by atoms with Gasteiger partial charge in [-0.1, -0.05) is 18.2 Å². The molecule has 3 atom stereocenters. The Morgan fingerprint density at radius 2 is 2.17 bits per heavy atom. The van der Waals surface area contributed by atoms with E-state index in [1.165, 1.54) is 30.3 Å². The Kier molecular flexibility index (Phi) is 2.97. The number of rotatable bonds is 4. The molecule has 1 amide bonds. The van der Waals surface area contributed by atoms with Crippen LogP contribution in [0.1, 0.15) is 30.5 Å². The molecule has 2 fully saturated rings. The molecule has 0 saturated heterocycles. The number of pyridine rings is 1. The first kappa shape index (κ1) is 14.3. The van der Waals surface area contributed by atoms with Crippen LogP contribution in [0.2, 0.25) is 0 Å². The Morgan fingerprint density at radius 3 is 2.96 bits per heavy atom. The van der Waals surface area contributed by atoms with Gasteiger partial charge in [-0.15, -0.1) is 0 Å². The summed E-state index contributed by atoms with van der Waals surface area (Å²) in [6, 6.07) is 8.33. The predicted molar refractivity (Wildman–Crippen MR) is 94.7 cm³/mol. The number of nitrogens with zero attached hydrogens (tertiary/aromatic N) is 1. The van der Waals surface area contributed by atoms with E-state index >= 15 is 0 Å². The van der Waals surface area contributed by atoms with Crippen molar-refractivity contribution >= 4 is 11.4 Å². The van der Waals surface area contributed by atoms with Crippen LogP contribution in [0.4, 0.5) is 0 Å². The normalized spacial score (nSPS) is 28.8. The minimum atomic E-state index is 0.146. The molecular formula is C21H24N2O. The smallest absolute Gasteiger partial charge is 0.225 e. The number of fused-ring (bicyclic) bond motifs is 1. The van der Waals surface area contributed by atoms with Gasteiger partial charge < -0.3 is 9.72 Å². The maximum atomic E-state index is 12.4. The number of hydrogen-bond acceptors (Lipinski definition) is 1. The molecule has 2 aromatic heterocycles. The van der Waals surface area contributed by atoms with Gasteiger partial charge in [-0.3, -0.25) is 4.79 Å². The fraction of sp³-hybridized carbons (Fsp3) is 0.476. The van der Waals surface area contributed by atoms with Crippen LogP contribution >= 0.6 is 0 Å². The number of carbonyl (C=O) groups is 1. The molecule has 2 heterocycles. The third-order valence-corrected chi connectivity index (χ3v) is 6.74. The van der Waals surface area contributed by atoms with Crippen molar-refractivity contribution in [3.05, 3.63) is 53.9 Å². The molecule has 1 spiro atoms. The number of allylic oxidation sites excluding steroid dienone is 2. The molecule has 3 heteroatoms. The quantitative estimate of drug-likeness (QED) is 0.859. The number of aromatic nitrogens is 1. The average Bonchev–Trinajstić information content (AvgIpc) is 3.07. The van der Waals surface area contributed by atoms with Crippen molar-refractivity contribution in [1.82, 2.24) is 9.72 Å². The highest BCUT2D eigenvalue weighted by Crippen LogP contribution is 2.69. The summed E-state index contributed by atoms with van der Waals surface area (Å²) in [7, 11) is 0. The lowest BCUT2D eigenvalue weighted by Crippen LogP contribution is -2.32. The van der Waals surface area contributed by atoms with Crippen LogP contribution in [0.3, 0.4) is 0 Å². The zero-order valence-corrected chi connectivity index (χ0v) is 14.2. The number of nitrogens with one attached hydrogen (secondary N) is 1. The number of hydrogen-bond donors (Lipinski definition) is 1. The van der Waals surface area contributed by atoms with Crippen LogP contribution in [0.5, 0.6) is 0 Å². The Morgan fingerprint density at radius 1 is 1.29 bits per heavy atom. The van der Waals surface area contributed by atoms with E-state index < -0.39 is 0 Å².